The van der Waals surface area contributed by atoms with Crippen molar-refractivity contribution in [2.45, 2.75) is 70.8 Å². The molecule has 1 atom stereocenters. The molecule has 0 bridgehead atoms. The van der Waals surface area contributed by atoms with E-state index in [1.807, 2.05) is 16.6 Å². The van der Waals surface area contributed by atoms with E-state index in [0.29, 0.717) is 34.6 Å². The largest absolute Gasteiger partial charge is 0.352 e. The third-order valence-corrected chi connectivity index (χ3v) is 8.84. The second-order valence-corrected chi connectivity index (χ2v) is 12.0. The summed E-state index contributed by atoms with van der Waals surface area (Å²) >= 11 is 7.19. The summed E-state index contributed by atoms with van der Waals surface area (Å²) in [6.07, 6.45) is 6.44. The number of hydrogen-bond donors (Lipinski definition) is 4. The monoisotopic (exact) mass is 529 g/mol. The molecule has 0 aliphatic heterocycles. The Morgan fingerprint density at radius 2 is 2.03 bits per heavy atom. The van der Waals surface area contributed by atoms with Gasteiger partial charge in [-0.05, 0) is 74.6 Å². The molecule has 2 heterocycles. The Bertz CT molecular complexity index is 1180. The lowest BCUT2D eigenvalue weighted by atomic mass is 9.90. The summed E-state index contributed by atoms with van der Waals surface area (Å²) in [5.74, 6) is 7.52. The summed E-state index contributed by atoms with van der Waals surface area (Å²) < 4.78 is 1.84. The maximum atomic E-state index is 13.4. The standard InChI is InChI=1S/C25H35N7O2S2/c1-13(2)18-11-20(31(3)30-18)32(25(35)29-26)16-8-9-19-17(10-16)21(23(34)27-12-14-4-5-14)24(36-19)28-22(33)15-6-7-15/h11,13-16H,4-10,12,26H2,1-3H3,(H,27,34)(H,28,33)(H,29,35)/t16-/m0/s1. The van der Waals surface area contributed by atoms with Gasteiger partial charge in [0.1, 0.15) is 10.8 Å². The van der Waals surface area contributed by atoms with E-state index in [1.54, 1.807) is 11.3 Å². The number of fused-ring (bicyclic) bond motifs is 1. The third-order valence-electron chi connectivity index (χ3n) is 7.31. The fraction of sp³-hybridized carbons (Fsp3) is 0.600. The van der Waals surface area contributed by atoms with Crippen LogP contribution in [0.1, 0.15) is 78.4 Å². The molecule has 0 aromatic carbocycles. The van der Waals surface area contributed by atoms with Gasteiger partial charge < -0.3 is 16.1 Å². The van der Waals surface area contributed by atoms with Crippen LogP contribution in [0.4, 0.5) is 10.8 Å². The zero-order valence-electron chi connectivity index (χ0n) is 21.1. The molecule has 5 N–H and O–H groups in total. The van der Waals surface area contributed by atoms with Crippen molar-refractivity contribution in [3.05, 3.63) is 27.8 Å². The zero-order chi connectivity index (χ0) is 25.6. The molecule has 3 aliphatic carbocycles. The van der Waals surface area contributed by atoms with Crippen LogP contribution in [0.25, 0.3) is 0 Å². The van der Waals surface area contributed by atoms with Crippen LogP contribution in [0.2, 0.25) is 0 Å². The van der Waals surface area contributed by atoms with E-state index in [0.717, 1.165) is 60.5 Å². The lowest BCUT2D eigenvalue weighted by Crippen LogP contribution is -2.51. The van der Waals surface area contributed by atoms with E-state index < -0.39 is 0 Å². The number of nitrogens with one attached hydrogen (secondary N) is 3. The molecule has 5 rings (SSSR count). The van der Waals surface area contributed by atoms with Crippen LogP contribution in [-0.2, 0) is 24.7 Å². The van der Waals surface area contributed by atoms with Gasteiger partial charge in [0.2, 0.25) is 5.91 Å². The van der Waals surface area contributed by atoms with Crippen LogP contribution >= 0.6 is 23.6 Å². The molecule has 11 heteroatoms. The van der Waals surface area contributed by atoms with Gasteiger partial charge in [-0.1, -0.05) is 13.8 Å². The Morgan fingerprint density at radius 1 is 1.28 bits per heavy atom. The lowest BCUT2D eigenvalue weighted by molar-refractivity contribution is -0.117. The Kier molecular flexibility index (Phi) is 7.06. The Balaban J connectivity index is 1.47. The Hall–Kier alpha value is -2.50. The predicted molar refractivity (Wildman–Crippen MR) is 146 cm³/mol. The molecular formula is C25H35N7O2S2. The fourth-order valence-electron chi connectivity index (χ4n) is 4.83. The molecule has 2 aromatic rings. The van der Waals surface area contributed by atoms with E-state index in [4.69, 9.17) is 18.1 Å². The summed E-state index contributed by atoms with van der Waals surface area (Å²) in [4.78, 5) is 29.2. The van der Waals surface area contributed by atoms with Crippen molar-refractivity contribution < 1.29 is 9.59 Å². The highest BCUT2D eigenvalue weighted by Crippen LogP contribution is 2.41. The number of thiophene rings is 1. The predicted octanol–water partition coefficient (Wildman–Crippen LogP) is 3.21. The molecule has 0 spiro atoms. The van der Waals surface area contributed by atoms with Gasteiger partial charge in [-0.3, -0.25) is 19.2 Å². The molecule has 36 heavy (non-hydrogen) atoms. The first kappa shape index (κ1) is 25.2. The maximum absolute atomic E-state index is 13.4. The number of hydrogen-bond acceptors (Lipinski definition) is 6. The number of thiocarbonyl (C=S) groups is 1. The first-order chi connectivity index (χ1) is 17.3. The molecule has 3 aliphatic rings. The van der Waals surface area contributed by atoms with Crippen molar-refractivity contribution in [1.82, 2.24) is 20.5 Å². The van der Waals surface area contributed by atoms with Crippen molar-refractivity contribution in [1.29, 1.82) is 0 Å². The Labute approximate surface area is 221 Å². The molecular weight excluding hydrogens is 494 g/mol. The highest BCUT2D eigenvalue weighted by molar-refractivity contribution is 7.80. The number of rotatable bonds is 8. The minimum absolute atomic E-state index is 0.00646. The summed E-state index contributed by atoms with van der Waals surface area (Å²) in [6, 6.07) is 2.05. The number of carbonyl (C=O) groups excluding carboxylic acids is 2. The minimum Gasteiger partial charge on any atom is -0.352 e. The van der Waals surface area contributed by atoms with Crippen LogP contribution in [-0.4, -0.2) is 39.3 Å². The molecule has 2 fully saturated rings. The SMILES string of the molecule is CC(C)c1cc(N(C(=S)NN)[C@H]2CCc3sc(NC(=O)C4CC4)c(C(=O)NCC4CC4)c3C2)n(C)n1. The van der Waals surface area contributed by atoms with Crippen molar-refractivity contribution >= 4 is 51.3 Å². The number of hydrazine groups is 1. The highest BCUT2D eigenvalue weighted by atomic mass is 32.1. The van der Waals surface area contributed by atoms with Gasteiger partial charge in [-0.15, -0.1) is 11.3 Å². The van der Waals surface area contributed by atoms with E-state index in [1.165, 1.54) is 0 Å². The lowest BCUT2D eigenvalue weighted by Gasteiger charge is -2.35. The first-order valence-corrected chi connectivity index (χ1v) is 14.1. The number of anilines is 2. The van der Waals surface area contributed by atoms with Gasteiger partial charge in [0, 0.05) is 36.5 Å². The van der Waals surface area contributed by atoms with E-state index in [9.17, 15) is 9.59 Å². The zero-order valence-corrected chi connectivity index (χ0v) is 22.7. The average molecular weight is 530 g/mol. The molecule has 2 aromatic heterocycles. The van der Waals surface area contributed by atoms with Crippen molar-refractivity contribution in [2.24, 2.45) is 24.7 Å². The quantitative estimate of drug-likeness (QED) is 0.236. The number of aromatic nitrogens is 2. The minimum atomic E-state index is -0.0974. The first-order valence-electron chi connectivity index (χ1n) is 12.8. The van der Waals surface area contributed by atoms with Gasteiger partial charge in [-0.2, -0.15) is 5.10 Å². The molecule has 9 nitrogen and oxygen atoms in total. The normalized spacial score (nSPS) is 19.1. The summed E-state index contributed by atoms with van der Waals surface area (Å²) in [7, 11) is 1.91. The van der Waals surface area contributed by atoms with Gasteiger partial charge in [0.05, 0.1) is 11.3 Å². The summed E-state index contributed by atoms with van der Waals surface area (Å²) in [5.41, 5.74) is 5.27. The second kappa shape index (κ2) is 10.1. The number of nitrogens with two attached hydrogens (primary N) is 1. The van der Waals surface area contributed by atoms with Crippen LogP contribution in [0, 0.1) is 11.8 Å². The average Bonchev–Trinajstić information content (AvgIpc) is 3.78. The molecule has 194 valence electrons. The van der Waals surface area contributed by atoms with Crippen LogP contribution < -0.4 is 26.8 Å². The van der Waals surface area contributed by atoms with Crippen molar-refractivity contribution in [3.8, 4) is 0 Å². The number of aryl methyl sites for hydroxylation is 2. The van der Waals surface area contributed by atoms with Crippen LogP contribution in [0.5, 0.6) is 0 Å². The Morgan fingerprint density at radius 3 is 2.64 bits per heavy atom. The van der Waals surface area contributed by atoms with Gasteiger partial charge in [-0.25, -0.2) is 5.84 Å². The van der Waals surface area contributed by atoms with Crippen molar-refractivity contribution in [2.75, 3.05) is 16.8 Å². The summed E-state index contributed by atoms with van der Waals surface area (Å²) in [5, 5.41) is 12.0. The molecule has 2 saturated carbocycles. The van der Waals surface area contributed by atoms with Crippen molar-refractivity contribution in [3.63, 3.8) is 0 Å². The second-order valence-electron chi connectivity index (χ2n) is 10.5. The fourth-order valence-corrected chi connectivity index (χ4v) is 6.32. The molecule has 0 saturated heterocycles. The van der Waals surface area contributed by atoms with Gasteiger partial charge in [0.25, 0.3) is 5.91 Å². The topological polar surface area (TPSA) is 117 Å². The number of nitrogens with zero attached hydrogens (tertiary/aromatic N) is 3. The van der Waals surface area contributed by atoms with Crippen LogP contribution in [0.3, 0.4) is 0 Å². The van der Waals surface area contributed by atoms with Crippen LogP contribution in [0.15, 0.2) is 6.07 Å². The number of carbonyl (C=O) groups is 2. The van der Waals surface area contributed by atoms with E-state index >= 15 is 0 Å². The maximum Gasteiger partial charge on any atom is 0.254 e. The smallest absolute Gasteiger partial charge is 0.254 e. The van der Waals surface area contributed by atoms with E-state index in [-0.39, 0.29) is 29.7 Å². The van der Waals surface area contributed by atoms with E-state index in [2.05, 4.69) is 41.1 Å². The molecule has 0 radical (unpaired) electrons. The molecule has 0 unspecified atom stereocenters. The highest BCUT2D eigenvalue weighted by Gasteiger charge is 2.36. The number of amides is 2. The van der Waals surface area contributed by atoms with Gasteiger partial charge in [0.15, 0.2) is 5.11 Å². The molecule has 2 amide bonds. The summed E-state index contributed by atoms with van der Waals surface area (Å²) in [6.45, 7) is 4.90. The third kappa shape index (κ3) is 5.14. The van der Waals surface area contributed by atoms with Gasteiger partial charge >= 0.3 is 0 Å².